The van der Waals surface area contributed by atoms with Gasteiger partial charge in [0.15, 0.2) is 0 Å². The number of nitrogens with zero attached hydrogens (tertiary/aromatic N) is 2. The predicted molar refractivity (Wildman–Crippen MR) is 113 cm³/mol. The van der Waals surface area contributed by atoms with Crippen molar-refractivity contribution >= 4 is 34.3 Å². The molecular formula is C24H14ClFN2O2. The molecule has 0 N–H and O–H groups in total. The van der Waals surface area contributed by atoms with Gasteiger partial charge in [-0.2, -0.15) is 0 Å². The molecule has 3 aromatic carbocycles. The van der Waals surface area contributed by atoms with Crippen LogP contribution in [0.25, 0.3) is 22.0 Å². The Morgan fingerprint density at radius 1 is 0.833 bits per heavy atom. The molecule has 0 unspecified atom stereocenters. The number of pyridine rings is 1. The second kappa shape index (κ2) is 7.04. The van der Waals surface area contributed by atoms with Crippen LogP contribution in [0.5, 0.6) is 0 Å². The molecule has 2 heterocycles. The Bertz CT molecular complexity index is 1320. The lowest BCUT2D eigenvalue weighted by molar-refractivity contribution is 0.0641. The standard InChI is InChI=1S/C24H14ClFN2O2/c25-20-9-4-10-21-19(20)12-18(14-5-3-6-15(26)11-14)22(27-21)13-28-23(29)16-7-1-2-8-17(16)24(28)30/h1-12H,13H2. The molecule has 0 atom stereocenters. The van der Waals surface area contributed by atoms with E-state index < -0.39 is 5.82 Å². The molecule has 5 rings (SSSR count). The topological polar surface area (TPSA) is 50.3 Å². The van der Waals surface area contributed by atoms with Gasteiger partial charge in [0.05, 0.1) is 28.9 Å². The summed E-state index contributed by atoms with van der Waals surface area (Å²) in [7, 11) is 0. The molecule has 0 spiro atoms. The van der Waals surface area contributed by atoms with Gasteiger partial charge in [-0.1, -0.05) is 41.9 Å². The summed E-state index contributed by atoms with van der Waals surface area (Å²) in [5.74, 6) is -1.12. The summed E-state index contributed by atoms with van der Waals surface area (Å²) in [4.78, 5) is 31.5. The maximum absolute atomic E-state index is 13.9. The van der Waals surface area contributed by atoms with Gasteiger partial charge in [0.25, 0.3) is 11.8 Å². The van der Waals surface area contributed by atoms with E-state index in [0.29, 0.717) is 43.9 Å². The third kappa shape index (κ3) is 2.95. The van der Waals surface area contributed by atoms with E-state index in [1.165, 1.54) is 17.0 Å². The van der Waals surface area contributed by atoms with Crippen LogP contribution in [0.1, 0.15) is 26.4 Å². The van der Waals surface area contributed by atoms with Gasteiger partial charge in [0.2, 0.25) is 0 Å². The number of carbonyl (C=O) groups is 2. The number of imide groups is 1. The highest BCUT2D eigenvalue weighted by Gasteiger charge is 2.35. The Balaban J connectivity index is 1.66. The monoisotopic (exact) mass is 416 g/mol. The molecular weight excluding hydrogens is 403 g/mol. The Morgan fingerprint density at radius 3 is 2.23 bits per heavy atom. The molecule has 0 radical (unpaired) electrons. The van der Waals surface area contributed by atoms with Crippen LogP contribution < -0.4 is 0 Å². The average Bonchev–Trinajstić information content (AvgIpc) is 2.99. The Kier molecular flexibility index (Phi) is 4.33. The van der Waals surface area contributed by atoms with E-state index in [-0.39, 0.29) is 18.4 Å². The van der Waals surface area contributed by atoms with Crippen molar-refractivity contribution in [2.45, 2.75) is 6.54 Å². The summed E-state index contributed by atoms with van der Waals surface area (Å²) in [6, 6.07) is 20.0. The third-order valence-electron chi connectivity index (χ3n) is 5.21. The number of halogens is 2. The average molecular weight is 417 g/mol. The second-order valence-electron chi connectivity index (χ2n) is 7.04. The summed E-state index contributed by atoms with van der Waals surface area (Å²) in [6.45, 7) is -0.0271. The maximum atomic E-state index is 13.9. The van der Waals surface area contributed by atoms with Crippen LogP contribution in [-0.2, 0) is 6.54 Å². The van der Waals surface area contributed by atoms with E-state index in [1.54, 1.807) is 48.5 Å². The maximum Gasteiger partial charge on any atom is 0.261 e. The lowest BCUT2D eigenvalue weighted by atomic mass is 10.0. The van der Waals surface area contributed by atoms with Crippen LogP contribution in [0.15, 0.2) is 72.8 Å². The highest BCUT2D eigenvalue weighted by Crippen LogP contribution is 2.33. The first-order valence-corrected chi connectivity index (χ1v) is 9.70. The highest BCUT2D eigenvalue weighted by atomic mass is 35.5. The van der Waals surface area contributed by atoms with E-state index >= 15 is 0 Å². The molecule has 146 valence electrons. The zero-order valence-electron chi connectivity index (χ0n) is 15.6. The first-order chi connectivity index (χ1) is 14.5. The Hall–Kier alpha value is -3.57. The van der Waals surface area contributed by atoms with Gasteiger partial charge in [-0.15, -0.1) is 0 Å². The van der Waals surface area contributed by atoms with Gasteiger partial charge in [-0.3, -0.25) is 19.5 Å². The fraction of sp³-hybridized carbons (Fsp3) is 0.0417. The van der Waals surface area contributed by atoms with Crippen molar-refractivity contribution in [1.29, 1.82) is 0 Å². The number of benzene rings is 3. The van der Waals surface area contributed by atoms with Crippen LogP contribution >= 0.6 is 11.6 Å². The molecule has 6 heteroatoms. The van der Waals surface area contributed by atoms with Crippen LogP contribution in [0, 0.1) is 5.82 Å². The quantitative estimate of drug-likeness (QED) is 0.415. The van der Waals surface area contributed by atoms with Crippen LogP contribution in [0.2, 0.25) is 5.02 Å². The first kappa shape index (κ1) is 18.5. The molecule has 0 saturated heterocycles. The summed E-state index contributed by atoms with van der Waals surface area (Å²) >= 11 is 6.34. The van der Waals surface area contributed by atoms with Gasteiger partial charge >= 0.3 is 0 Å². The normalized spacial score (nSPS) is 13.2. The van der Waals surface area contributed by atoms with Crippen molar-refractivity contribution in [3.8, 4) is 11.1 Å². The molecule has 1 aromatic heterocycles. The number of carbonyl (C=O) groups excluding carboxylic acids is 2. The molecule has 2 amide bonds. The van der Waals surface area contributed by atoms with Gasteiger partial charge < -0.3 is 0 Å². The van der Waals surface area contributed by atoms with Crippen molar-refractivity contribution in [3.05, 3.63) is 100 Å². The number of fused-ring (bicyclic) bond motifs is 2. The van der Waals surface area contributed by atoms with E-state index in [4.69, 9.17) is 11.6 Å². The minimum absolute atomic E-state index is 0.0271. The predicted octanol–water partition coefficient (Wildman–Crippen LogP) is 5.49. The SMILES string of the molecule is O=C1c2ccccc2C(=O)N1Cc1nc2cccc(Cl)c2cc1-c1cccc(F)c1. The summed E-state index contributed by atoms with van der Waals surface area (Å²) < 4.78 is 13.9. The lowest BCUT2D eigenvalue weighted by Crippen LogP contribution is -2.29. The highest BCUT2D eigenvalue weighted by molar-refractivity contribution is 6.35. The van der Waals surface area contributed by atoms with Gasteiger partial charge in [-0.25, -0.2) is 4.39 Å². The molecule has 0 aliphatic carbocycles. The zero-order valence-corrected chi connectivity index (χ0v) is 16.4. The molecule has 1 aliphatic heterocycles. The van der Waals surface area contributed by atoms with E-state index in [1.807, 2.05) is 12.1 Å². The largest absolute Gasteiger partial charge is 0.269 e. The van der Waals surface area contributed by atoms with Crippen molar-refractivity contribution in [1.82, 2.24) is 9.88 Å². The van der Waals surface area contributed by atoms with Gasteiger partial charge in [0, 0.05) is 16.0 Å². The van der Waals surface area contributed by atoms with Crippen molar-refractivity contribution in [2.24, 2.45) is 0 Å². The Morgan fingerprint density at radius 2 is 1.53 bits per heavy atom. The van der Waals surface area contributed by atoms with Crippen LogP contribution in [0.3, 0.4) is 0 Å². The smallest absolute Gasteiger partial charge is 0.261 e. The molecule has 0 saturated carbocycles. The fourth-order valence-electron chi connectivity index (χ4n) is 3.76. The molecule has 4 aromatic rings. The lowest BCUT2D eigenvalue weighted by Gasteiger charge is -2.17. The molecule has 4 nitrogen and oxygen atoms in total. The number of rotatable bonds is 3. The molecule has 0 fully saturated rings. The number of hydrogen-bond donors (Lipinski definition) is 0. The number of aromatic nitrogens is 1. The van der Waals surface area contributed by atoms with Crippen molar-refractivity contribution < 1.29 is 14.0 Å². The number of hydrogen-bond acceptors (Lipinski definition) is 3. The molecule has 30 heavy (non-hydrogen) atoms. The molecule has 0 bridgehead atoms. The number of amides is 2. The van der Waals surface area contributed by atoms with Crippen molar-refractivity contribution in [2.75, 3.05) is 0 Å². The summed E-state index contributed by atoms with van der Waals surface area (Å²) in [5.41, 5.74) is 3.08. The second-order valence-corrected chi connectivity index (χ2v) is 7.45. The van der Waals surface area contributed by atoms with Crippen LogP contribution in [-0.4, -0.2) is 21.7 Å². The van der Waals surface area contributed by atoms with E-state index in [9.17, 15) is 14.0 Å². The zero-order chi connectivity index (χ0) is 20.8. The van der Waals surface area contributed by atoms with Gasteiger partial charge in [-0.05, 0) is 48.0 Å². The fourth-order valence-corrected chi connectivity index (χ4v) is 3.98. The summed E-state index contributed by atoms with van der Waals surface area (Å²) in [6.07, 6.45) is 0. The minimum Gasteiger partial charge on any atom is -0.269 e. The Labute approximate surface area is 176 Å². The van der Waals surface area contributed by atoms with E-state index in [0.717, 1.165) is 0 Å². The third-order valence-corrected chi connectivity index (χ3v) is 5.54. The van der Waals surface area contributed by atoms with Crippen LogP contribution in [0.4, 0.5) is 4.39 Å². The molecule has 1 aliphatic rings. The summed E-state index contributed by atoms with van der Waals surface area (Å²) in [5, 5.41) is 1.23. The minimum atomic E-state index is -0.390. The first-order valence-electron chi connectivity index (χ1n) is 9.32. The van der Waals surface area contributed by atoms with Gasteiger partial charge in [0.1, 0.15) is 5.82 Å². The van der Waals surface area contributed by atoms with E-state index in [2.05, 4.69) is 4.98 Å². The van der Waals surface area contributed by atoms with Crippen molar-refractivity contribution in [3.63, 3.8) is 0 Å².